The number of hydrogen-bond donors (Lipinski definition) is 2. The summed E-state index contributed by atoms with van der Waals surface area (Å²) in [7, 11) is 0. The minimum Gasteiger partial charge on any atom is -0.356 e. The zero-order valence-corrected chi connectivity index (χ0v) is 11.1. The number of hydrogen-bond acceptors (Lipinski definition) is 2. The van der Waals surface area contributed by atoms with Crippen molar-refractivity contribution in [1.82, 2.24) is 5.32 Å². The number of nitrogens with two attached hydrogens (primary N) is 1. The molecule has 0 heterocycles. The average Bonchev–Trinajstić information content (AvgIpc) is 2.78. The first-order valence-electron chi connectivity index (χ1n) is 6.43. The molecule has 4 heteroatoms. The van der Waals surface area contributed by atoms with Crippen LogP contribution in [0, 0.1) is 5.92 Å². The fourth-order valence-corrected chi connectivity index (χ4v) is 2.65. The second-order valence-electron chi connectivity index (χ2n) is 4.90. The lowest BCUT2D eigenvalue weighted by Crippen LogP contribution is -2.31. The van der Waals surface area contributed by atoms with Gasteiger partial charge in [-0.15, -0.1) is 0 Å². The maximum absolute atomic E-state index is 11.9. The molecule has 1 saturated carbocycles. The van der Waals surface area contributed by atoms with Crippen molar-refractivity contribution in [1.29, 1.82) is 0 Å². The summed E-state index contributed by atoms with van der Waals surface area (Å²) in [5.41, 5.74) is 6.88. The molecule has 18 heavy (non-hydrogen) atoms. The fraction of sp³-hybridized carbons (Fsp3) is 0.500. The molecule has 0 spiro atoms. The highest BCUT2D eigenvalue weighted by Gasteiger charge is 2.27. The molecule has 0 radical (unpaired) electrons. The molecule has 2 atom stereocenters. The predicted molar refractivity (Wildman–Crippen MR) is 73.5 cm³/mol. The van der Waals surface area contributed by atoms with E-state index in [0.717, 1.165) is 36.3 Å². The standard InChI is InChI=1S/C14H19ClN2O/c15-13-4-2-1-3-10(13)7-8-17-14(18)11-5-6-12(16)9-11/h1-4,11-12H,5-9,16H2,(H,17,18). The Morgan fingerprint density at radius 1 is 1.39 bits per heavy atom. The van der Waals surface area contributed by atoms with E-state index < -0.39 is 0 Å². The zero-order chi connectivity index (χ0) is 13.0. The van der Waals surface area contributed by atoms with Gasteiger partial charge in [0.2, 0.25) is 5.91 Å². The number of carbonyl (C=O) groups is 1. The van der Waals surface area contributed by atoms with Crippen LogP contribution in [-0.2, 0) is 11.2 Å². The number of carbonyl (C=O) groups excluding carboxylic acids is 1. The van der Waals surface area contributed by atoms with Gasteiger partial charge in [-0.2, -0.15) is 0 Å². The number of benzene rings is 1. The van der Waals surface area contributed by atoms with Gasteiger partial charge in [-0.1, -0.05) is 29.8 Å². The number of amides is 1. The van der Waals surface area contributed by atoms with Crippen LogP contribution in [-0.4, -0.2) is 18.5 Å². The molecule has 0 aromatic heterocycles. The third kappa shape index (κ3) is 3.47. The van der Waals surface area contributed by atoms with Crippen LogP contribution < -0.4 is 11.1 Å². The predicted octanol–water partition coefficient (Wildman–Crippen LogP) is 2.13. The van der Waals surface area contributed by atoms with E-state index in [-0.39, 0.29) is 17.9 Å². The van der Waals surface area contributed by atoms with Crippen LogP contribution in [0.2, 0.25) is 5.02 Å². The Hall–Kier alpha value is -1.06. The van der Waals surface area contributed by atoms with Gasteiger partial charge >= 0.3 is 0 Å². The number of halogens is 1. The van der Waals surface area contributed by atoms with Crippen molar-refractivity contribution >= 4 is 17.5 Å². The van der Waals surface area contributed by atoms with Gasteiger partial charge in [0.15, 0.2) is 0 Å². The summed E-state index contributed by atoms with van der Waals surface area (Å²) in [6.45, 7) is 0.633. The molecule has 0 aliphatic heterocycles. The van der Waals surface area contributed by atoms with Gasteiger partial charge in [0.05, 0.1) is 0 Å². The monoisotopic (exact) mass is 266 g/mol. The molecule has 1 aliphatic rings. The summed E-state index contributed by atoms with van der Waals surface area (Å²) < 4.78 is 0. The third-order valence-electron chi connectivity index (χ3n) is 3.50. The molecule has 1 amide bonds. The van der Waals surface area contributed by atoms with Crippen LogP contribution in [0.4, 0.5) is 0 Å². The molecule has 1 fully saturated rings. The maximum atomic E-state index is 11.9. The Kier molecular flexibility index (Phi) is 4.61. The summed E-state index contributed by atoms with van der Waals surface area (Å²) in [5.74, 6) is 0.237. The van der Waals surface area contributed by atoms with E-state index in [4.69, 9.17) is 17.3 Å². The first kappa shape index (κ1) is 13.4. The Balaban J connectivity index is 1.75. The Bertz CT molecular complexity index is 422. The Labute approximate surface area is 113 Å². The number of rotatable bonds is 4. The van der Waals surface area contributed by atoms with Crippen molar-refractivity contribution < 1.29 is 4.79 Å². The molecule has 1 aromatic carbocycles. The first-order chi connectivity index (χ1) is 8.66. The maximum Gasteiger partial charge on any atom is 0.223 e. The van der Waals surface area contributed by atoms with E-state index in [0.29, 0.717) is 6.54 Å². The molecular weight excluding hydrogens is 248 g/mol. The summed E-state index contributed by atoms with van der Waals surface area (Å²) in [6, 6.07) is 7.92. The van der Waals surface area contributed by atoms with Crippen LogP contribution in [0.25, 0.3) is 0 Å². The molecular formula is C14H19ClN2O. The van der Waals surface area contributed by atoms with Gasteiger partial charge in [-0.3, -0.25) is 4.79 Å². The van der Waals surface area contributed by atoms with Gasteiger partial charge in [0, 0.05) is 23.5 Å². The van der Waals surface area contributed by atoms with Gasteiger partial charge in [-0.05, 0) is 37.3 Å². The third-order valence-corrected chi connectivity index (χ3v) is 3.86. The molecule has 0 bridgehead atoms. The molecule has 0 saturated heterocycles. The van der Waals surface area contributed by atoms with E-state index in [1.807, 2.05) is 24.3 Å². The van der Waals surface area contributed by atoms with Crippen molar-refractivity contribution in [3.05, 3.63) is 34.9 Å². The SMILES string of the molecule is NC1CCC(C(=O)NCCc2ccccc2Cl)C1. The van der Waals surface area contributed by atoms with Gasteiger partial charge < -0.3 is 11.1 Å². The lowest BCUT2D eigenvalue weighted by molar-refractivity contribution is -0.124. The van der Waals surface area contributed by atoms with Crippen molar-refractivity contribution in [2.45, 2.75) is 31.7 Å². The lowest BCUT2D eigenvalue weighted by Gasteiger charge is -2.11. The molecule has 2 unspecified atom stereocenters. The van der Waals surface area contributed by atoms with Crippen LogP contribution in [0.15, 0.2) is 24.3 Å². The van der Waals surface area contributed by atoms with Crippen molar-refractivity contribution in [2.24, 2.45) is 11.7 Å². The van der Waals surface area contributed by atoms with Crippen LogP contribution in [0.5, 0.6) is 0 Å². The minimum absolute atomic E-state index is 0.103. The largest absolute Gasteiger partial charge is 0.356 e. The molecule has 1 aliphatic carbocycles. The number of nitrogens with one attached hydrogen (secondary N) is 1. The second kappa shape index (κ2) is 6.21. The summed E-state index contributed by atoms with van der Waals surface area (Å²) in [5, 5.41) is 3.73. The van der Waals surface area contributed by atoms with Crippen LogP contribution in [0.1, 0.15) is 24.8 Å². The molecule has 98 valence electrons. The molecule has 3 N–H and O–H groups in total. The van der Waals surface area contributed by atoms with Crippen molar-refractivity contribution in [3.63, 3.8) is 0 Å². The van der Waals surface area contributed by atoms with E-state index in [9.17, 15) is 4.79 Å². The van der Waals surface area contributed by atoms with Gasteiger partial charge in [0.25, 0.3) is 0 Å². The highest BCUT2D eigenvalue weighted by molar-refractivity contribution is 6.31. The van der Waals surface area contributed by atoms with Gasteiger partial charge in [0.1, 0.15) is 0 Å². The van der Waals surface area contributed by atoms with E-state index in [1.54, 1.807) is 0 Å². The van der Waals surface area contributed by atoms with Crippen LogP contribution >= 0.6 is 11.6 Å². The average molecular weight is 267 g/mol. The summed E-state index contributed by atoms with van der Waals surface area (Å²) >= 11 is 6.06. The highest BCUT2D eigenvalue weighted by atomic mass is 35.5. The van der Waals surface area contributed by atoms with Gasteiger partial charge in [-0.25, -0.2) is 0 Å². The summed E-state index contributed by atoms with van der Waals surface area (Å²) in [4.78, 5) is 11.9. The quantitative estimate of drug-likeness (QED) is 0.877. The van der Waals surface area contributed by atoms with E-state index in [1.165, 1.54) is 0 Å². The van der Waals surface area contributed by atoms with Crippen LogP contribution in [0.3, 0.4) is 0 Å². The highest BCUT2D eigenvalue weighted by Crippen LogP contribution is 2.24. The topological polar surface area (TPSA) is 55.1 Å². The Morgan fingerprint density at radius 2 is 2.17 bits per heavy atom. The van der Waals surface area contributed by atoms with Crippen molar-refractivity contribution in [2.75, 3.05) is 6.54 Å². The Morgan fingerprint density at radius 3 is 2.83 bits per heavy atom. The zero-order valence-electron chi connectivity index (χ0n) is 10.4. The minimum atomic E-state index is 0.103. The summed E-state index contributed by atoms with van der Waals surface area (Å²) in [6.07, 6.45) is 3.46. The lowest BCUT2D eigenvalue weighted by atomic mass is 10.1. The second-order valence-corrected chi connectivity index (χ2v) is 5.31. The normalized spacial score (nSPS) is 23.0. The van der Waals surface area contributed by atoms with Crippen molar-refractivity contribution in [3.8, 4) is 0 Å². The molecule has 3 nitrogen and oxygen atoms in total. The molecule has 1 aromatic rings. The molecule has 2 rings (SSSR count). The smallest absolute Gasteiger partial charge is 0.223 e. The first-order valence-corrected chi connectivity index (χ1v) is 6.81. The fourth-order valence-electron chi connectivity index (χ4n) is 2.42. The van der Waals surface area contributed by atoms with E-state index in [2.05, 4.69) is 5.32 Å². The van der Waals surface area contributed by atoms with E-state index >= 15 is 0 Å².